The topological polar surface area (TPSA) is 59.8 Å². The predicted molar refractivity (Wildman–Crippen MR) is 99.8 cm³/mol. The third-order valence-corrected chi connectivity index (χ3v) is 6.42. The molecule has 1 saturated heterocycles. The monoisotopic (exact) mass is 362 g/mol. The van der Waals surface area contributed by atoms with Crippen LogP contribution in [0.2, 0.25) is 0 Å². The van der Waals surface area contributed by atoms with Gasteiger partial charge >= 0.3 is 0 Å². The molecule has 1 aliphatic heterocycles. The van der Waals surface area contributed by atoms with Crippen LogP contribution in [0, 0.1) is 5.92 Å². The summed E-state index contributed by atoms with van der Waals surface area (Å²) in [5.74, 6) is 0.945. The Kier molecular flexibility index (Phi) is 5.71. The summed E-state index contributed by atoms with van der Waals surface area (Å²) in [4.78, 5) is 14.9. The molecule has 1 aromatic heterocycles. The van der Waals surface area contributed by atoms with Gasteiger partial charge in [-0.15, -0.1) is 4.31 Å². The molecule has 1 unspecified atom stereocenters. The van der Waals surface area contributed by atoms with E-state index in [2.05, 4.69) is 6.92 Å². The average molecular weight is 362 g/mol. The first-order valence-electron chi connectivity index (χ1n) is 9.03. The van der Waals surface area contributed by atoms with E-state index >= 15 is 0 Å². The molecule has 0 spiro atoms. The van der Waals surface area contributed by atoms with Gasteiger partial charge < -0.3 is 13.9 Å². The highest BCUT2D eigenvalue weighted by Crippen LogP contribution is 2.27. The summed E-state index contributed by atoms with van der Waals surface area (Å²) >= 11 is -1.16. The molecule has 6 heteroatoms. The second kappa shape index (κ2) is 7.81. The number of furan rings is 1. The highest BCUT2D eigenvalue weighted by atomic mass is 32.2. The molecule has 0 N–H and O–H groups in total. The van der Waals surface area contributed by atoms with Crippen molar-refractivity contribution in [1.82, 2.24) is 9.21 Å². The Hall–Kier alpha value is -1.50. The summed E-state index contributed by atoms with van der Waals surface area (Å²) in [6.45, 7) is 9.16. The minimum Gasteiger partial charge on any atom is -0.593 e. The minimum atomic E-state index is -1.16. The van der Waals surface area contributed by atoms with E-state index in [4.69, 9.17) is 4.42 Å². The summed E-state index contributed by atoms with van der Waals surface area (Å²) in [6.07, 6.45) is 2.17. The molecule has 1 fully saturated rings. The van der Waals surface area contributed by atoms with E-state index in [9.17, 15) is 9.35 Å². The molecule has 5 nitrogen and oxygen atoms in total. The quantitative estimate of drug-likeness (QED) is 0.762. The van der Waals surface area contributed by atoms with Crippen molar-refractivity contribution < 1.29 is 13.8 Å². The average Bonchev–Trinajstić information content (AvgIpc) is 3.06. The van der Waals surface area contributed by atoms with Gasteiger partial charge in [0.2, 0.25) is 0 Å². The van der Waals surface area contributed by atoms with E-state index < -0.39 is 11.4 Å². The normalized spacial score (nSPS) is 17.8. The van der Waals surface area contributed by atoms with Crippen LogP contribution in [0.5, 0.6) is 0 Å². The standard InChI is InChI=1S/C19H26N2O3S/c1-4-20(5-2)19(22)18-13-15-12-16(6-7-17(15)24-18)25(23)21-10-8-14(3)9-11-21/h6-7,12-14H,4-5,8-11H2,1-3H3. The van der Waals surface area contributed by atoms with Gasteiger partial charge in [0.1, 0.15) is 5.58 Å². The van der Waals surface area contributed by atoms with Crippen LogP contribution in [0.3, 0.4) is 0 Å². The van der Waals surface area contributed by atoms with Crippen molar-refractivity contribution in [3.63, 3.8) is 0 Å². The number of piperidine rings is 1. The van der Waals surface area contributed by atoms with Crippen molar-refractivity contribution in [1.29, 1.82) is 0 Å². The predicted octanol–water partition coefficient (Wildman–Crippen LogP) is 3.67. The Morgan fingerprint density at radius 1 is 1.28 bits per heavy atom. The summed E-state index contributed by atoms with van der Waals surface area (Å²) in [5.41, 5.74) is 0.656. The van der Waals surface area contributed by atoms with Crippen LogP contribution in [-0.4, -0.2) is 45.8 Å². The third-order valence-electron chi connectivity index (χ3n) is 4.93. The first-order chi connectivity index (χ1) is 12.0. The van der Waals surface area contributed by atoms with Gasteiger partial charge in [-0.3, -0.25) is 4.79 Å². The molecule has 2 aromatic rings. The van der Waals surface area contributed by atoms with Crippen LogP contribution >= 0.6 is 0 Å². The molecule has 136 valence electrons. The van der Waals surface area contributed by atoms with Crippen molar-refractivity contribution in [3.8, 4) is 0 Å². The Labute approximate surface area is 152 Å². The molecule has 3 rings (SSSR count). The number of fused-ring (bicyclic) bond motifs is 1. The van der Waals surface area contributed by atoms with E-state index in [1.165, 1.54) is 0 Å². The fourth-order valence-electron chi connectivity index (χ4n) is 3.20. The molecule has 0 bridgehead atoms. The van der Waals surface area contributed by atoms with E-state index in [1.807, 2.05) is 36.4 Å². The van der Waals surface area contributed by atoms with Gasteiger partial charge in [-0.05, 0) is 50.8 Å². The maximum atomic E-state index is 12.8. The summed E-state index contributed by atoms with van der Waals surface area (Å²) in [5, 5.41) is 0.826. The Balaban J connectivity index is 1.81. The van der Waals surface area contributed by atoms with Crippen LogP contribution in [0.15, 0.2) is 33.6 Å². The van der Waals surface area contributed by atoms with Gasteiger partial charge in [0.15, 0.2) is 10.7 Å². The van der Waals surface area contributed by atoms with Crippen LogP contribution in [0.25, 0.3) is 11.0 Å². The number of hydrogen-bond donors (Lipinski definition) is 0. The Morgan fingerprint density at radius 3 is 2.60 bits per heavy atom. The highest BCUT2D eigenvalue weighted by molar-refractivity contribution is 7.89. The molecular weight excluding hydrogens is 336 g/mol. The van der Waals surface area contributed by atoms with Gasteiger partial charge in [0, 0.05) is 37.6 Å². The SMILES string of the molecule is CCN(CC)C(=O)c1cc2cc([S+]([O-])N3CCC(C)CC3)ccc2o1. The second-order valence-corrected chi connectivity index (χ2v) is 8.13. The van der Waals surface area contributed by atoms with Gasteiger partial charge in [-0.1, -0.05) is 6.92 Å². The van der Waals surface area contributed by atoms with E-state index in [0.717, 1.165) is 36.2 Å². The van der Waals surface area contributed by atoms with Crippen molar-refractivity contribution >= 4 is 28.2 Å². The number of amides is 1. The lowest BCUT2D eigenvalue weighted by molar-refractivity contribution is 0.0743. The lowest BCUT2D eigenvalue weighted by Crippen LogP contribution is -2.37. The lowest BCUT2D eigenvalue weighted by Gasteiger charge is -2.30. The van der Waals surface area contributed by atoms with Gasteiger partial charge in [0.05, 0.1) is 11.4 Å². The fraction of sp³-hybridized carbons (Fsp3) is 0.526. The Morgan fingerprint density at radius 2 is 1.96 bits per heavy atom. The van der Waals surface area contributed by atoms with Crippen molar-refractivity contribution in [2.24, 2.45) is 5.92 Å². The molecule has 1 aromatic carbocycles. The first-order valence-corrected chi connectivity index (χ1v) is 10.1. The maximum Gasteiger partial charge on any atom is 0.289 e. The number of carbonyl (C=O) groups excluding carboxylic acids is 1. The molecule has 0 radical (unpaired) electrons. The van der Waals surface area contributed by atoms with Crippen LogP contribution < -0.4 is 0 Å². The molecule has 0 saturated carbocycles. The molecule has 1 atom stereocenters. The maximum absolute atomic E-state index is 12.8. The third kappa shape index (κ3) is 3.86. The molecular formula is C19H26N2O3S. The zero-order chi connectivity index (χ0) is 18.0. The number of rotatable bonds is 5. The van der Waals surface area contributed by atoms with Crippen molar-refractivity contribution in [3.05, 3.63) is 30.0 Å². The summed E-state index contributed by atoms with van der Waals surface area (Å²) in [6, 6.07) is 7.29. The zero-order valence-corrected chi connectivity index (χ0v) is 16.0. The van der Waals surface area contributed by atoms with E-state index in [1.54, 1.807) is 11.0 Å². The zero-order valence-electron chi connectivity index (χ0n) is 15.2. The fourth-order valence-corrected chi connectivity index (χ4v) is 4.45. The Bertz CT molecular complexity index is 733. The summed E-state index contributed by atoms with van der Waals surface area (Å²) in [7, 11) is 0. The molecule has 2 heterocycles. The number of carbonyl (C=O) groups is 1. The second-order valence-electron chi connectivity index (χ2n) is 6.65. The number of nitrogens with zero attached hydrogens (tertiary/aromatic N) is 2. The molecule has 0 aliphatic carbocycles. The van der Waals surface area contributed by atoms with Crippen LogP contribution in [0.1, 0.15) is 44.2 Å². The number of hydrogen-bond acceptors (Lipinski definition) is 4. The number of benzene rings is 1. The van der Waals surface area contributed by atoms with E-state index in [-0.39, 0.29) is 5.91 Å². The lowest BCUT2D eigenvalue weighted by atomic mass is 10.0. The molecule has 1 aliphatic rings. The van der Waals surface area contributed by atoms with E-state index in [0.29, 0.717) is 30.4 Å². The highest BCUT2D eigenvalue weighted by Gasteiger charge is 2.27. The van der Waals surface area contributed by atoms with Gasteiger partial charge in [0.25, 0.3) is 5.91 Å². The molecule has 25 heavy (non-hydrogen) atoms. The van der Waals surface area contributed by atoms with Crippen molar-refractivity contribution in [2.45, 2.75) is 38.5 Å². The van der Waals surface area contributed by atoms with Crippen LogP contribution in [-0.2, 0) is 11.4 Å². The van der Waals surface area contributed by atoms with Gasteiger partial charge in [-0.25, -0.2) is 0 Å². The minimum absolute atomic E-state index is 0.103. The summed E-state index contributed by atoms with van der Waals surface area (Å²) < 4.78 is 20.6. The smallest absolute Gasteiger partial charge is 0.289 e. The van der Waals surface area contributed by atoms with Crippen LogP contribution in [0.4, 0.5) is 0 Å². The molecule has 1 amide bonds. The van der Waals surface area contributed by atoms with Gasteiger partial charge in [-0.2, -0.15) is 0 Å². The van der Waals surface area contributed by atoms with Crippen molar-refractivity contribution in [2.75, 3.05) is 26.2 Å². The first kappa shape index (κ1) is 18.3. The largest absolute Gasteiger partial charge is 0.593 e.